The molecule has 0 aromatic carbocycles. The molecule has 1 amide bonds. The molecule has 118 valence electrons. The Kier molecular flexibility index (Phi) is 3.48. The van der Waals surface area contributed by atoms with Crippen molar-refractivity contribution in [2.24, 2.45) is 5.41 Å². The van der Waals surface area contributed by atoms with Gasteiger partial charge in [0.15, 0.2) is 9.84 Å². The first-order chi connectivity index (χ1) is 9.31. The second-order valence-corrected chi connectivity index (χ2v) is 9.66. The van der Waals surface area contributed by atoms with Gasteiger partial charge in [0, 0.05) is 11.0 Å². The Morgan fingerprint density at radius 2 is 1.71 bits per heavy atom. The second-order valence-electron chi connectivity index (χ2n) is 7.59. The Bertz CT molecular complexity index is 688. The molecule has 0 fully saturated rings. The molecule has 0 saturated carbocycles. The molecule has 2 heterocycles. The summed E-state index contributed by atoms with van der Waals surface area (Å²) in [4.78, 5) is 12.3. The Balaban J connectivity index is 2.51. The van der Waals surface area contributed by atoms with Gasteiger partial charge in [0.2, 0.25) is 5.91 Å². The highest BCUT2D eigenvalue weighted by atomic mass is 32.2. The monoisotopic (exact) mass is 313 g/mol. The van der Waals surface area contributed by atoms with Crippen molar-refractivity contribution in [1.29, 1.82) is 0 Å². The average Bonchev–Trinajstić information content (AvgIpc) is 2.70. The van der Waals surface area contributed by atoms with E-state index in [9.17, 15) is 13.2 Å². The highest BCUT2D eigenvalue weighted by molar-refractivity contribution is 7.90. The topological polar surface area (TPSA) is 81.1 Å². The number of fused-ring (bicyclic) bond motifs is 1. The van der Waals surface area contributed by atoms with E-state index in [1.807, 2.05) is 41.5 Å². The summed E-state index contributed by atoms with van der Waals surface area (Å²) in [5.74, 6) is 0.251. The van der Waals surface area contributed by atoms with Gasteiger partial charge >= 0.3 is 0 Å². The lowest BCUT2D eigenvalue weighted by Gasteiger charge is -2.25. The van der Waals surface area contributed by atoms with E-state index in [1.54, 1.807) is 4.68 Å². The SMILES string of the molecule is CC(C)(C)C(=O)Nc1c2c(nn1C(C)(C)C)CS(=O)(=O)C2. The van der Waals surface area contributed by atoms with Crippen molar-refractivity contribution in [2.75, 3.05) is 5.32 Å². The number of hydrogen-bond donors (Lipinski definition) is 1. The van der Waals surface area contributed by atoms with Crippen LogP contribution in [0.5, 0.6) is 0 Å². The number of sulfone groups is 1. The summed E-state index contributed by atoms with van der Waals surface area (Å²) in [6, 6.07) is 0. The zero-order valence-electron chi connectivity index (χ0n) is 13.4. The number of aromatic nitrogens is 2. The lowest BCUT2D eigenvalue weighted by atomic mass is 9.95. The van der Waals surface area contributed by atoms with E-state index in [1.165, 1.54) is 0 Å². The van der Waals surface area contributed by atoms with Gasteiger partial charge in [-0.15, -0.1) is 0 Å². The first kappa shape index (κ1) is 16.0. The fraction of sp³-hybridized carbons (Fsp3) is 0.714. The molecule has 0 spiro atoms. The van der Waals surface area contributed by atoms with Gasteiger partial charge in [-0.25, -0.2) is 13.1 Å². The highest BCUT2D eigenvalue weighted by Crippen LogP contribution is 2.35. The van der Waals surface area contributed by atoms with E-state index in [0.29, 0.717) is 17.1 Å². The van der Waals surface area contributed by atoms with Crippen LogP contribution in [0.1, 0.15) is 52.8 Å². The van der Waals surface area contributed by atoms with Crippen molar-refractivity contribution in [2.45, 2.75) is 58.6 Å². The van der Waals surface area contributed by atoms with Gasteiger partial charge in [-0.1, -0.05) is 20.8 Å². The molecule has 1 aromatic heterocycles. The van der Waals surface area contributed by atoms with E-state index < -0.39 is 15.3 Å². The van der Waals surface area contributed by atoms with Crippen LogP contribution in [-0.4, -0.2) is 24.1 Å². The molecule has 1 aromatic rings. The van der Waals surface area contributed by atoms with Crippen molar-refractivity contribution in [3.05, 3.63) is 11.3 Å². The lowest BCUT2D eigenvalue weighted by Crippen LogP contribution is -2.32. The first-order valence-electron chi connectivity index (χ1n) is 6.94. The van der Waals surface area contributed by atoms with Gasteiger partial charge in [0.1, 0.15) is 5.82 Å². The zero-order valence-corrected chi connectivity index (χ0v) is 14.3. The molecule has 6 nitrogen and oxygen atoms in total. The molecule has 0 bridgehead atoms. The first-order valence-corrected chi connectivity index (χ1v) is 8.76. The van der Waals surface area contributed by atoms with Gasteiger partial charge in [-0.2, -0.15) is 5.10 Å². The van der Waals surface area contributed by atoms with Gasteiger partial charge in [0.25, 0.3) is 0 Å². The third-order valence-electron chi connectivity index (χ3n) is 3.34. The number of carbonyl (C=O) groups excluding carboxylic acids is 1. The highest BCUT2D eigenvalue weighted by Gasteiger charge is 2.36. The summed E-state index contributed by atoms with van der Waals surface area (Å²) < 4.78 is 25.3. The van der Waals surface area contributed by atoms with E-state index >= 15 is 0 Å². The maximum Gasteiger partial charge on any atom is 0.230 e. The van der Waals surface area contributed by atoms with E-state index in [-0.39, 0.29) is 23.0 Å². The van der Waals surface area contributed by atoms with Crippen molar-refractivity contribution in [3.8, 4) is 0 Å². The minimum atomic E-state index is -3.15. The minimum Gasteiger partial charge on any atom is -0.310 e. The smallest absolute Gasteiger partial charge is 0.230 e. The summed E-state index contributed by atoms with van der Waals surface area (Å²) >= 11 is 0. The van der Waals surface area contributed by atoms with Crippen LogP contribution in [0, 0.1) is 5.41 Å². The van der Waals surface area contributed by atoms with Crippen LogP contribution in [0.3, 0.4) is 0 Å². The third-order valence-corrected chi connectivity index (χ3v) is 4.78. The summed E-state index contributed by atoms with van der Waals surface area (Å²) in [7, 11) is -3.15. The Morgan fingerprint density at radius 3 is 2.19 bits per heavy atom. The zero-order chi connectivity index (χ0) is 16.2. The Hall–Kier alpha value is -1.37. The quantitative estimate of drug-likeness (QED) is 0.860. The molecule has 7 heteroatoms. The number of anilines is 1. The summed E-state index contributed by atoms with van der Waals surface area (Å²) in [6.07, 6.45) is 0. The summed E-state index contributed by atoms with van der Waals surface area (Å²) in [5, 5.41) is 7.29. The van der Waals surface area contributed by atoms with Crippen LogP contribution in [0.2, 0.25) is 0 Å². The number of rotatable bonds is 1. The predicted molar refractivity (Wildman–Crippen MR) is 81.6 cm³/mol. The Morgan fingerprint density at radius 1 is 1.14 bits per heavy atom. The van der Waals surface area contributed by atoms with E-state index in [0.717, 1.165) is 0 Å². The molecule has 1 aliphatic heterocycles. The predicted octanol–water partition coefficient (Wildman–Crippen LogP) is 2.05. The van der Waals surface area contributed by atoms with Crippen LogP contribution in [0.15, 0.2) is 0 Å². The summed E-state index contributed by atoms with van der Waals surface area (Å²) in [6.45, 7) is 11.4. The van der Waals surface area contributed by atoms with Gasteiger partial charge in [-0.05, 0) is 20.8 Å². The molecule has 1 aliphatic rings. The maximum atomic E-state index is 12.3. The largest absolute Gasteiger partial charge is 0.310 e. The van der Waals surface area contributed by atoms with Crippen molar-refractivity contribution in [1.82, 2.24) is 9.78 Å². The summed E-state index contributed by atoms with van der Waals surface area (Å²) in [5.41, 5.74) is 0.281. The van der Waals surface area contributed by atoms with Crippen molar-refractivity contribution >= 4 is 21.6 Å². The fourth-order valence-electron chi connectivity index (χ4n) is 2.15. The minimum absolute atomic E-state index is 0.0518. The average molecular weight is 313 g/mol. The number of nitrogens with zero attached hydrogens (tertiary/aromatic N) is 2. The standard InChI is InChI=1S/C14H23N3O3S/c1-13(2,3)12(18)15-11-9-7-21(19,20)8-10(9)16-17(11)14(4,5)6/h7-8H2,1-6H3,(H,15,18). The maximum absolute atomic E-state index is 12.3. The molecule has 1 N–H and O–H groups in total. The lowest BCUT2D eigenvalue weighted by molar-refractivity contribution is -0.123. The van der Waals surface area contributed by atoms with Crippen molar-refractivity contribution in [3.63, 3.8) is 0 Å². The normalized spacial score (nSPS) is 17.6. The molecule has 0 atom stereocenters. The molecule has 21 heavy (non-hydrogen) atoms. The Labute approximate surface area is 125 Å². The third kappa shape index (κ3) is 3.12. The number of hydrogen-bond acceptors (Lipinski definition) is 4. The molecule has 0 unspecified atom stereocenters. The molecule has 2 rings (SSSR count). The second kappa shape index (κ2) is 4.56. The number of carbonyl (C=O) groups is 1. The number of nitrogens with one attached hydrogen (secondary N) is 1. The fourth-order valence-corrected chi connectivity index (χ4v) is 3.65. The van der Waals surface area contributed by atoms with Crippen LogP contribution in [0.25, 0.3) is 0 Å². The molecule has 0 radical (unpaired) electrons. The van der Waals surface area contributed by atoms with Gasteiger partial charge in [0.05, 0.1) is 22.7 Å². The molecular weight excluding hydrogens is 290 g/mol. The van der Waals surface area contributed by atoms with Crippen LogP contribution in [-0.2, 0) is 31.7 Å². The van der Waals surface area contributed by atoms with E-state index in [4.69, 9.17) is 0 Å². The van der Waals surface area contributed by atoms with E-state index in [2.05, 4.69) is 10.4 Å². The van der Waals surface area contributed by atoms with Gasteiger partial charge < -0.3 is 5.32 Å². The van der Waals surface area contributed by atoms with Crippen LogP contribution in [0.4, 0.5) is 5.82 Å². The number of amides is 1. The molecule has 0 aliphatic carbocycles. The molecular formula is C14H23N3O3S. The molecule has 0 saturated heterocycles. The van der Waals surface area contributed by atoms with Gasteiger partial charge in [-0.3, -0.25) is 4.79 Å². The van der Waals surface area contributed by atoms with Crippen LogP contribution < -0.4 is 5.32 Å². The van der Waals surface area contributed by atoms with Crippen molar-refractivity contribution < 1.29 is 13.2 Å². The van der Waals surface area contributed by atoms with Crippen LogP contribution >= 0.6 is 0 Å².